The number of ether oxygens (including phenoxy) is 2. The molecule has 6 heteroatoms. The van der Waals surface area contributed by atoms with E-state index in [0.29, 0.717) is 30.0 Å². The zero-order valence-corrected chi connectivity index (χ0v) is 16.9. The van der Waals surface area contributed by atoms with Crippen LogP contribution in [0.3, 0.4) is 0 Å². The minimum absolute atomic E-state index is 0.00223. The highest BCUT2D eigenvalue weighted by Gasteiger charge is 2.26. The van der Waals surface area contributed by atoms with Crippen LogP contribution in [0.4, 0.5) is 8.78 Å². The van der Waals surface area contributed by atoms with Crippen LogP contribution in [0.2, 0.25) is 0 Å². The lowest BCUT2D eigenvalue weighted by atomic mass is 9.87. The number of carbonyl (C=O) groups excluding carboxylic acids is 1. The maximum Gasteiger partial charge on any atom is 0.247 e. The van der Waals surface area contributed by atoms with Crippen LogP contribution in [-0.4, -0.2) is 25.7 Å². The number of piperidine rings is 1. The molecule has 1 saturated heterocycles. The summed E-state index contributed by atoms with van der Waals surface area (Å²) in [7, 11) is 1.62. The van der Waals surface area contributed by atoms with Crippen molar-refractivity contribution in [2.75, 3.05) is 13.7 Å². The van der Waals surface area contributed by atoms with Crippen LogP contribution in [0.15, 0.2) is 42.0 Å². The van der Waals surface area contributed by atoms with Gasteiger partial charge in [-0.1, -0.05) is 6.07 Å². The number of hydrogen-bond acceptors (Lipinski definition) is 3. The summed E-state index contributed by atoms with van der Waals surface area (Å²) < 4.78 is 39.2. The van der Waals surface area contributed by atoms with Gasteiger partial charge in [0.2, 0.25) is 5.91 Å². The Balaban J connectivity index is 1.58. The van der Waals surface area contributed by atoms with Crippen molar-refractivity contribution in [3.05, 3.63) is 64.7 Å². The second-order valence-electron chi connectivity index (χ2n) is 7.88. The molecule has 1 amide bonds. The first-order valence-corrected chi connectivity index (χ1v) is 10.3. The van der Waals surface area contributed by atoms with Crippen LogP contribution in [0.25, 0.3) is 6.08 Å². The summed E-state index contributed by atoms with van der Waals surface area (Å²) in [5.41, 5.74) is 1.50. The van der Waals surface area contributed by atoms with Crippen molar-refractivity contribution in [2.45, 2.75) is 44.1 Å². The molecular formula is C24H25F2NO3. The highest BCUT2D eigenvalue weighted by molar-refractivity contribution is 5.98. The van der Waals surface area contributed by atoms with Crippen LogP contribution in [0.5, 0.6) is 11.5 Å². The van der Waals surface area contributed by atoms with Gasteiger partial charge in [0.15, 0.2) is 11.5 Å². The molecule has 1 atom stereocenters. The molecule has 0 bridgehead atoms. The summed E-state index contributed by atoms with van der Waals surface area (Å²) in [6.45, 7) is 0.469. The van der Waals surface area contributed by atoms with E-state index in [0.717, 1.165) is 36.6 Å². The molecule has 2 aliphatic rings. The molecular weight excluding hydrogens is 388 g/mol. The van der Waals surface area contributed by atoms with Gasteiger partial charge in [0.25, 0.3) is 0 Å². The molecule has 158 valence electrons. The molecule has 0 aromatic heterocycles. The first-order chi connectivity index (χ1) is 14.5. The van der Waals surface area contributed by atoms with Gasteiger partial charge in [0.1, 0.15) is 11.6 Å². The normalized spacial score (nSPS) is 21.0. The van der Waals surface area contributed by atoms with E-state index in [-0.39, 0.29) is 23.5 Å². The van der Waals surface area contributed by atoms with E-state index >= 15 is 0 Å². The Bertz CT molecular complexity index is 967. The molecule has 1 N–H and O–H groups in total. The van der Waals surface area contributed by atoms with Gasteiger partial charge in [-0.2, -0.15) is 0 Å². The number of hydrogen-bond donors (Lipinski definition) is 1. The van der Waals surface area contributed by atoms with E-state index in [2.05, 4.69) is 5.32 Å². The lowest BCUT2D eigenvalue weighted by Gasteiger charge is -2.26. The van der Waals surface area contributed by atoms with Gasteiger partial charge in [0.05, 0.1) is 13.2 Å². The molecule has 0 unspecified atom stereocenters. The monoisotopic (exact) mass is 413 g/mol. The molecule has 1 heterocycles. The first kappa shape index (κ1) is 20.4. The molecule has 4 rings (SSSR count). The van der Waals surface area contributed by atoms with E-state index < -0.39 is 11.6 Å². The topological polar surface area (TPSA) is 47.6 Å². The molecule has 30 heavy (non-hydrogen) atoms. The standard InChI is InChI=1S/C24H25F2NO3/c1-29-22-9-6-15(13-23(22)30-20-4-2-3-5-20)18-11-17(24(28)27-14-18)10-16-12-19(25)7-8-21(16)26/h6-10,12-13,18,20H,2-5,11,14H2,1H3,(H,27,28)/t18-/m1/s1. The van der Waals surface area contributed by atoms with Crippen molar-refractivity contribution in [3.8, 4) is 11.5 Å². The zero-order valence-electron chi connectivity index (χ0n) is 16.9. The van der Waals surface area contributed by atoms with E-state index in [1.165, 1.54) is 18.9 Å². The van der Waals surface area contributed by atoms with Gasteiger partial charge in [-0.15, -0.1) is 0 Å². The number of methoxy groups -OCH3 is 1. The summed E-state index contributed by atoms with van der Waals surface area (Å²) in [4.78, 5) is 12.3. The fourth-order valence-corrected chi connectivity index (χ4v) is 4.16. The van der Waals surface area contributed by atoms with Gasteiger partial charge in [-0.05, 0) is 74.1 Å². The second kappa shape index (κ2) is 8.86. The summed E-state index contributed by atoms with van der Waals surface area (Å²) in [6, 6.07) is 9.04. The largest absolute Gasteiger partial charge is 0.493 e. The Morgan fingerprint density at radius 3 is 2.63 bits per heavy atom. The van der Waals surface area contributed by atoms with Crippen molar-refractivity contribution in [1.82, 2.24) is 5.32 Å². The average molecular weight is 413 g/mol. The van der Waals surface area contributed by atoms with Crippen molar-refractivity contribution >= 4 is 12.0 Å². The van der Waals surface area contributed by atoms with Crippen LogP contribution in [-0.2, 0) is 4.79 Å². The maximum absolute atomic E-state index is 14.0. The fraction of sp³-hybridized carbons (Fsp3) is 0.375. The van der Waals surface area contributed by atoms with E-state index in [9.17, 15) is 13.6 Å². The zero-order chi connectivity index (χ0) is 21.1. The van der Waals surface area contributed by atoms with E-state index in [1.807, 2.05) is 18.2 Å². The molecule has 1 aliphatic heterocycles. The number of carbonyl (C=O) groups is 1. The Kier molecular flexibility index (Phi) is 6.02. The molecule has 0 radical (unpaired) electrons. The van der Waals surface area contributed by atoms with Crippen molar-refractivity contribution in [2.24, 2.45) is 0 Å². The number of benzene rings is 2. The molecule has 0 spiro atoms. The van der Waals surface area contributed by atoms with Crippen molar-refractivity contribution in [1.29, 1.82) is 0 Å². The SMILES string of the molecule is COc1ccc([C@H]2CNC(=O)C(=Cc3cc(F)ccc3F)C2)cc1OC1CCCC1. The fourth-order valence-electron chi connectivity index (χ4n) is 4.16. The van der Waals surface area contributed by atoms with Gasteiger partial charge in [0, 0.05) is 23.6 Å². The van der Waals surface area contributed by atoms with Gasteiger partial charge < -0.3 is 14.8 Å². The maximum atomic E-state index is 14.0. The van der Waals surface area contributed by atoms with Gasteiger partial charge in [-0.25, -0.2) is 8.78 Å². The number of nitrogens with one attached hydrogen (secondary N) is 1. The van der Waals surface area contributed by atoms with Crippen molar-refractivity contribution in [3.63, 3.8) is 0 Å². The lowest BCUT2D eigenvalue weighted by Crippen LogP contribution is -2.35. The molecule has 2 fully saturated rings. The van der Waals surface area contributed by atoms with Crippen LogP contribution < -0.4 is 14.8 Å². The van der Waals surface area contributed by atoms with Crippen LogP contribution >= 0.6 is 0 Å². The summed E-state index contributed by atoms with van der Waals surface area (Å²) in [5.74, 6) is 0.0345. The van der Waals surface area contributed by atoms with E-state index in [4.69, 9.17) is 9.47 Å². The molecule has 1 saturated carbocycles. The smallest absolute Gasteiger partial charge is 0.247 e. The minimum Gasteiger partial charge on any atom is -0.493 e. The molecule has 4 nitrogen and oxygen atoms in total. The highest BCUT2D eigenvalue weighted by atomic mass is 19.1. The quantitative estimate of drug-likeness (QED) is 0.703. The molecule has 2 aromatic rings. The van der Waals surface area contributed by atoms with E-state index in [1.54, 1.807) is 7.11 Å². The third-order valence-electron chi connectivity index (χ3n) is 5.81. The minimum atomic E-state index is -0.560. The third-order valence-corrected chi connectivity index (χ3v) is 5.81. The van der Waals surface area contributed by atoms with Crippen LogP contribution in [0, 0.1) is 11.6 Å². The Morgan fingerprint density at radius 1 is 1.07 bits per heavy atom. The first-order valence-electron chi connectivity index (χ1n) is 10.3. The molecule has 1 aliphatic carbocycles. The summed E-state index contributed by atoms with van der Waals surface area (Å²) in [5, 5.41) is 2.86. The number of rotatable bonds is 5. The Morgan fingerprint density at radius 2 is 1.87 bits per heavy atom. The third kappa shape index (κ3) is 4.48. The number of halogens is 2. The predicted octanol–water partition coefficient (Wildman–Crippen LogP) is 4.98. The predicted molar refractivity (Wildman–Crippen MR) is 111 cm³/mol. The van der Waals surface area contributed by atoms with Crippen LogP contribution in [0.1, 0.15) is 49.1 Å². The Labute approximate surface area is 174 Å². The lowest BCUT2D eigenvalue weighted by molar-refractivity contribution is -0.118. The number of amides is 1. The van der Waals surface area contributed by atoms with Gasteiger partial charge in [-0.3, -0.25) is 4.79 Å². The highest BCUT2D eigenvalue weighted by Crippen LogP contribution is 2.36. The molecule has 2 aromatic carbocycles. The van der Waals surface area contributed by atoms with Crippen molar-refractivity contribution < 1.29 is 23.0 Å². The average Bonchev–Trinajstić information content (AvgIpc) is 3.25. The summed E-state index contributed by atoms with van der Waals surface area (Å²) in [6.07, 6.45) is 6.48. The summed E-state index contributed by atoms with van der Waals surface area (Å²) >= 11 is 0. The Hall–Kier alpha value is -2.89. The van der Waals surface area contributed by atoms with Gasteiger partial charge >= 0.3 is 0 Å². The second-order valence-corrected chi connectivity index (χ2v) is 7.88.